The molecule has 0 radical (unpaired) electrons. The minimum atomic E-state index is -0.511. The number of anilines is 1. The maximum absolute atomic E-state index is 14.2. The quantitative estimate of drug-likeness (QED) is 0.803. The highest BCUT2D eigenvalue weighted by Crippen LogP contribution is 2.20. The molecule has 0 saturated carbocycles. The molecule has 2 heterocycles. The highest BCUT2D eigenvalue weighted by Gasteiger charge is 2.27. The summed E-state index contributed by atoms with van der Waals surface area (Å²) in [7, 11) is 0. The van der Waals surface area contributed by atoms with Crippen LogP contribution >= 0.6 is 0 Å². The fourth-order valence-electron chi connectivity index (χ4n) is 2.41. The van der Waals surface area contributed by atoms with E-state index >= 15 is 0 Å². The maximum atomic E-state index is 14.2. The van der Waals surface area contributed by atoms with E-state index in [1.807, 2.05) is 25.7 Å². The fraction of sp³-hybridized carbons (Fsp3) is 0.529. The van der Waals surface area contributed by atoms with Crippen molar-refractivity contribution in [3.05, 3.63) is 36.3 Å². The molecule has 6 heteroatoms. The van der Waals surface area contributed by atoms with Crippen LogP contribution in [0.1, 0.15) is 26.3 Å². The second-order valence-electron chi connectivity index (χ2n) is 6.60. The molecule has 0 spiro atoms. The van der Waals surface area contributed by atoms with Crippen LogP contribution in [-0.4, -0.2) is 47.8 Å². The molecule has 1 aliphatic rings. The Morgan fingerprint density at radius 3 is 2.57 bits per heavy atom. The molecule has 23 heavy (non-hydrogen) atoms. The lowest BCUT2D eigenvalue weighted by Gasteiger charge is -2.36. The number of ether oxygens (including phenoxy) is 1. The van der Waals surface area contributed by atoms with Gasteiger partial charge in [-0.3, -0.25) is 0 Å². The summed E-state index contributed by atoms with van der Waals surface area (Å²) >= 11 is 0. The van der Waals surface area contributed by atoms with E-state index in [0.717, 1.165) is 5.56 Å². The molecule has 2 rings (SSSR count). The summed E-state index contributed by atoms with van der Waals surface area (Å²) < 4.78 is 19.5. The number of hydrogen-bond acceptors (Lipinski definition) is 4. The number of hydrogen-bond donors (Lipinski definition) is 0. The van der Waals surface area contributed by atoms with Crippen LogP contribution in [0, 0.1) is 5.82 Å². The molecule has 1 aromatic heterocycles. The zero-order valence-electron chi connectivity index (χ0n) is 14.0. The van der Waals surface area contributed by atoms with Gasteiger partial charge in [-0.1, -0.05) is 6.08 Å². The normalized spacial score (nSPS) is 15.5. The Morgan fingerprint density at radius 2 is 2.04 bits per heavy atom. The van der Waals surface area contributed by atoms with Gasteiger partial charge in [0.15, 0.2) is 11.6 Å². The number of carbonyl (C=O) groups is 1. The standard InChI is InChI=1S/C17H24FN3O2/c1-5-6-13-11-14(18)15(19-12-13)20-7-9-21(10-8-20)16(22)23-17(2,3)4/h5,11-12H,1,6-10H2,2-4H3. The molecule has 1 aromatic rings. The molecule has 5 nitrogen and oxygen atoms in total. The number of allylic oxidation sites excluding steroid dienone is 1. The van der Waals surface area contributed by atoms with E-state index in [9.17, 15) is 9.18 Å². The zero-order chi connectivity index (χ0) is 17.0. The van der Waals surface area contributed by atoms with E-state index in [2.05, 4.69) is 11.6 Å². The number of carbonyl (C=O) groups excluding carboxylic acids is 1. The molecule has 1 fully saturated rings. The van der Waals surface area contributed by atoms with Gasteiger partial charge in [0.25, 0.3) is 0 Å². The Hall–Kier alpha value is -2.11. The summed E-state index contributed by atoms with van der Waals surface area (Å²) in [6.45, 7) is 11.2. The molecule has 126 valence electrons. The van der Waals surface area contributed by atoms with Crippen molar-refractivity contribution in [2.45, 2.75) is 32.8 Å². The van der Waals surface area contributed by atoms with Gasteiger partial charge in [-0.15, -0.1) is 6.58 Å². The Kier molecular flexibility index (Phi) is 5.23. The van der Waals surface area contributed by atoms with Gasteiger partial charge in [-0.25, -0.2) is 14.2 Å². The van der Waals surface area contributed by atoms with E-state index in [0.29, 0.717) is 38.4 Å². The van der Waals surface area contributed by atoms with Gasteiger partial charge >= 0.3 is 6.09 Å². The van der Waals surface area contributed by atoms with E-state index in [1.54, 1.807) is 17.2 Å². The van der Waals surface area contributed by atoms with Gasteiger partial charge in [0.1, 0.15) is 5.60 Å². The smallest absolute Gasteiger partial charge is 0.410 e. The SMILES string of the molecule is C=CCc1cnc(N2CCN(C(=O)OC(C)(C)C)CC2)c(F)c1. The van der Waals surface area contributed by atoms with Gasteiger partial charge in [0.05, 0.1) is 0 Å². The lowest BCUT2D eigenvalue weighted by Crippen LogP contribution is -2.50. The van der Waals surface area contributed by atoms with E-state index < -0.39 is 5.60 Å². The molecule has 0 bridgehead atoms. The van der Waals surface area contributed by atoms with Crippen molar-refractivity contribution in [2.75, 3.05) is 31.1 Å². The van der Waals surface area contributed by atoms with Crippen molar-refractivity contribution in [2.24, 2.45) is 0 Å². The highest BCUT2D eigenvalue weighted by molar-refractivity contribution is 5.68. The van der Waals surface area contributed by atoms with Crippen LogP contribution in [-0.2, 0) is 11.2 Å². The molecule has 0 unspecified atom stereocenters. The topological polar surface area (TPSA) is 45.7 Å². The first kappa shape index (κ1) is 17.2. The van der Waals surface area contributed by atoms with Crippen molar-refractivity contribution in [1.29, 1.82) is 0 Å². The summed E-state index contributed by atoms with van der Waals surface area (Å²) in [5, 5.41) is 0. The number of halogens is 1. The fourth-order valence-corrected chi connectivity index (χ4v) is 2.41. The summed E-state index contributed by atoms with van der Waals surface area (Å²) in [5.74, 6) is -0.00304. The van der Waals surface area contributed by atoms with Crippen LogP contribution in [0.25, 0.3) is 0 Å². The van der Waals surface area contributed by atoms with Crippen molar-refractivity contribution >= 4 is 11.9 Å². The molecule has 0 aliphatic carbocycles. The van der Waals surface area contributed by atoms with Gasteiger partial charge in [0.2, 0.25) is 0 Å². The second-order valence-corrected chi connectivity index (χ2v) is 6.60. The van der Waals surface area contributed by atoms with Gasteiger partial charge in [-0.05, 0) is 38.8 Å². The van der Waals surface area contributed by atoms with Crippen LogP contribution in [0.5, 0.6) is 0 Å². The Morgan fingerprint density at radius 1 is 1.39 bits per heavy atom. The largest absolute Gasteiger partial charge is 0.444 e. The van der Waals surface area contributed by atoms with E-state index in [1.165, 1.54) is 6.07 Å². The van der Waals surface area contributed by atoms with Gasteiger partial charge in [0, 0.05) is 32.4 Å². The number of aromatic nitrogens is 1. The lowest BCUT2D eigenvalue weighted by atomic mass is 10.2. The Bertz CT molecular complexity index is 576. The molecule has 0 atom stereocenters. The third-order valence-electron chi connectivity index (χ3n) is 3.49. The maximum Gasteiger partial charge on any atom is 0.410 e. The molecular weight excluding hydrogens is 297 g/mol. The molecule has 0 aromatic carbocycles. The van der Waals surface area contributed by atoms with Crippen LogP contribution in [0.2, 0.25) is 0 Å². The molecule has 1 amide bonds. The number of amides is 1. The minimum Gasteiger partial charge on any atom is -0.444 e. The molecule has 0 N–H and O–H groups in total. The Labute approximate surface area is 136 Å². The first-order chi connectivity index (χ1) is 10.8. The van der Waals surface area contributed by atoms with Crippen molar-refractivity contribution < 1.29 is 13.9 Å². The van der Waals surface area contributed by atoms with Crippen LogP contribution < -0.4 is 4.90 Å². The number of pyridine rings is 1. The van der Waals surface area contributed by atoms with Crippen LogP contribution in [0.15, 0.2) is 24.9 Å². The first-order valence-electron chi connectivity index (χ1n) is 7.78. The minimum absolute atomic E-state index is 0.327. The Balaban J connectivity index is 1.96. The number of nitrogens with zero attached hydrogens (tertiary/aromatic N) is 3. The van der Waals surface area contributed by atoms with Crippen LogP contribution in [0.4, 0.5) is 15.0 Å². The van der Waals surface area contributed by atoms with Crippen molar-refractivity contribution in [3.63, 3.8) is 0 Å². The summed E-state index contributed by atoms with van der Waals surface area (Å²) in [6.07, 6.45) is 3.65. The van der Waals surface area contributed by atoms with E-state index in [-0.39, 0.29) is 11.9 Å². The highest BCUT2D eigenvalue weighted by atomic mass is 19.1. The predicted molar refractivity (Wildman–Crippen MR) is 88.1 cm³/mol. The number of rotatable bonds is 3. The average Bonchev–Trinajstić information content (AvgIpc) is 2.46. The summed E-state index contributed by atoms with van der Waals surface area (Å²) in [5.41, 5.74) is 0.289. The third-order valence-corrected chi connectivity index (χ3v) is 3.49. The predicted octanol–water partition coefficient (Wildman–Crippen LogP) is 3.01. The van der Waals surface area contributed by atoms with Crippen molar-refractivity contribution in [1.82, 2.24) is 9.88 Å². The first-order valence-corrected chi connectivity index (χ1v) is 7.78. The van der Waals surface area contributed by atoms with Gasteiger partial charge < -0.3 is 14.5 Å². The molecule has 1 saturated heterocycles. The molecular formula is C17H24FN3O2. The van der Waals surface area contributed by atoms with Gasteiger partial charge in [-0.2, -0.15) is 0 Å². The number of piperazine rings is 1. The third kappa shape index (κ3) is 4.68. The van der Waals surface area contributed by atoms with Crippen LogP contribution in [0.3, 0.4) is 0 Å². The zero-order valence-corrected chi connectivity index (χ0v) is 14.0. The average molecular weight is 321 g/mol. The molecule has 1 aliphatic heterocycles. The lowest BCUT2D eigenvalue weighted by molar-refractivity contribution is 0.0240. The van der Waals surface area contributed by atoms with E-state index in [4.69, 9.17) is 4.74 Å². The van der Waals surface area contributed by atoms with Crippen molar-refractivity contribution in [3.8, 4) is 0 Å². The monoisotopic (exact) mass is 321 g/mol. The second kappa shape index (κ2) is 6.98. The summed E-state index contributed by atoms with van der Waals surface area (Å²) in [6, 6.07) is 1.49. The summed E-state index contributed by atoms with van der Waals surface area (Å²) in [4.78, 5) is 19.7.